The third kappa shape index (κ3) is 4.99. The summed E-state index contributed by atoms with van der Waals surface area (Å²) >= 11 is 0. The summed E-state index contributed by atoms with van der Waals surface area (Å²) in [6.07, 6.45) is 5.69. The van der Waals surface area contributed by atoms with Gasteiger partial charge in [0.2, 0.25) is 0 Å². The molecular weight excluding hydrogens is 266 g/mol. The lowest BCUT2D eigenvalue weighted by Crippen LogP contribution is -2.41. The highest BCUT2D eigenvalue weighted by atomic mass is 16.4. The summed E-state index contributed by atoms with van der Waals surface area (Å²) in [6.45, 7) is 6.48. The van der Waals surface area contributed by atoms with Crippen molar-refractivity contribution in [1.29, 1.82) is 0 Å². The van der Waals surface area contributed by atoms with Crippen LogP contribution in [0.1, 0.15) is 37.4 Å². The summed E-state index contributed by atoms with van der Waals surface area (Å²) in [7, 11) is 0. The SMILES string of the molecule is CC(CN1CCCCC1)NCc1ccnc(C(N)=NO)c1. The summed E-state index contributed by atoms with van der Waals surface area (Å²) in [5, 5.41) is 15.2. The molecular formula is C15H25N5O. The van der Waals surface area contributed by atoms with E-state index in [1.54, 1.807) is 6.20 Å². The summed E-state index contributed by atoms with van der Waals surface area (Å²) in [5.74, 6) is 0.0400. The highest BCUT2D eigenvalue weighted by molar-refractivity contribution is 5.95. The van der Waals surface area contributed by atoms with Crippen molar-refractivity contribution in [3.63, 3.8) is 0 Å². The second-order valence-electron chi connectivity index (χ2n) is 5.68. The normalized spacial score (nSPS) is 18.6. The molecule has 116 valence electrons. The number of hydrogen-bond acceptors (Lipinski definition) is 5. The van der Waals surface area contributed by atoms with E-state index in [1.807, 2.05) is 12.1 Å². The van der Waals surface area contributed by atoms with Gasteiger partial charge in [0.05, 0.1) is 0 Å². The molecule has 1 unspecified atom stereocenters. The topological polar surface area (TPSA) is 86.8 Å². The van der Waals surface area contributed by atoms with E-state index < -0.39 is 0 Å². The minimum absolute atomic E-state index is 0.0400. The third-order valence-electron chi connectivity index (χ3n) is 3.83. The van der Waals surface area contributed by atoms with Gasteiger partial charge in [0.15, 0.2) is 5.84 Å². The van der Waals surface area contributed by atoms with Gasteiger partial charge >= 0.3 is 0 Å². The van der Waals surface area contributed by atoms with Crippen LogP contribution in [0.5, 0.6) is 0 Å². The van der Waals surface area contributed by atoms with Gasteiger partial charge in [-0.1, -0.05) is 11.6 Å². The highest BCUT2D eigenvalue weighted by Crippen LogP contribution is 2.09. The average molecular weight is 291 g/mol. The molecule has 1 saturated heterocycles. The number of likely N-dealkylation sites (tertiary alicyclic amines) is 1. The van der Waals surface area contributed by atoms with Crippen LogP contribution < -0.4 is 11.1 Å². The smallest absolute Gasteiger partial charge is 0.188 e. The number of oxime groups is 1. The van der Waals surface area contributed by atoms with Crippen LogP contribution >= 0.6 is 0 Å². The molecule has 6 nitrogen and oxygen atoms in total. The number of pyridine rings is 1. The minimum Gasteiger partial charge on any atom is -0.409 e. The van der Waals surface area contributed by atoms with Crippen LogP contribution in [-0.4, -0.2) is 46.6 Å². The third-order valence-corrected chi connectivity index (χ3v) is 3.83. The van der Waals surface area contributed by atoms with Crippen LogP contribution in [0, 0.1) is 0 Å². The quantitative estimate of drug-likeness (QED) is 0.317. The maximum atomic E-state index is 8.68. The second-order valence-corrected chi connectivity index (χ2v) is 5.68. The molecule has 1 aliphatic heterocycles. The number of aromatic nitrogens is 1. The van der Waals surface area contributed by atoms with Gasteiger partial charge in [-0.3, -0.25) is 4.98 Å². The molecule has 0 aromatic carbocycles. The van der Waals surface area contributed by atoms with Crippen molar-refractivity contribution in [2.75, 3.05) is 19.6 Å². The fraction of sp³-hybridized carbons (Fsp3) is 0.600. The predicted octanol–water partition coefficient (Wildman–Crippen LogP) is 1.14. The fourth-order valence-electron chi connectivity index (χ4n) is 2.66. The molecule has 0 saturated carbocycles. The molecule has 4 N–H and O–H groups in total. The molecule has 1 aromatic heterocycles. The Labute approximate surface area is 126 Å². The first kappa shape index (κ1) is 15.7. The van der Waals surface area contributed by atoms with E-state index in [2.05, 4.69) is 27.3 Å². The van der Waals surface area contributed by atoms with Gasteiger partial charge in [-0.2, -0.15) is 0 Å². The van der Waals surface area contributed by atoms with Crippen molar-refractivity contribution >= 4 is 5.84 Å². The zero-order chi connectivity index (χ0) is 15.1. The van der Waals surface area contributed by atoms with Gasteiger partial charge in [0.1, 0.15) is 5.69 Å². The zero-order valence-corrected chi connectivity index (χ0v) is 12.6. The van der Waals surface area contributed by atoms with Gasteiger partial charge in [0.25, 0.3) is 0 Å². The van der Waals surface area contributed by atoms with E-state index in [-0.39, 0.29) is 5.84 Å². The number of rotatable bonds is 6. The van der Waals surface area contributed by atoms with Crippen molar-refractivity contribution in [2.24, 2.45) is 10.9 Å². The molecule has 21 heavy (non-hydrogen) atoms. The molecule has 6 heteroatoms. The summed E-state index contributed by atoms with van der Waals surface area (Å²) < 4.78 is 0. The molecule has 0 aliphatic carbocycles. The maximum Gasteiger partial charge on any atom is 0.188 e. The lowest BCUT2D eigenvalue weighted by molar-refractivity contribution is 0.209. The zero-order valence-electron chi connectivity index (χ0n) is 12.6. The average Bonchev–Trinajstić information content (AvgIpc) is 2.53. The van der Waals surface area contributed by atoms with E-state index in [1.165, 1.54) is 32.4 Å². The Hall–Kier alpha value is -1.66. The Bertz CT molecular complexity index is 471. The van der Waals surface area contributed by atoms with Crippen molar-refractivity contribution in [2.45, 2.75) is 38.8 Å². The number of hydrogen-bond donors (Lipinski definition) is 3. The fourth-order valence-corrected chi connectivity index (χ4v) is 2.66. The van der Waals surface area contributed by atoms with E-state index in [0.29, 0.717) is 11.7 Å². The molecule has 0 bridgehead atoms. The molecule has 1 aromatic rings. The Morgan fingerprint density at radius 1 is 1.48 bits per heavy atom. The van der Waals surface area contributed by atoms with E-state index in [9.17, 15) is 0 Å². The first-order chi connectivity index (χ1) is 10.2. The van der Waals surface area contributed by atoms with E-state index in [0.717, 1.165) is 18.7 Å². The molecule has 2 heterocycles. The molecule has 1 aliphatic rings. The first-order valence-corrected chi connectivity index (χ1v) is 7.57. The van der Waals surface area contributed by atoms with Crippen LogP contribution in [0.15, 0.2) is 23.5 Å². The Kier molecular flexibility index (Phi) is 5.95. The molecule has 0 spiro atoms. The van der Waals surface area contributed by atoms with Gasteiger partial charge in [0, 0.05) is 25.3 Å². The second kappa shape index (κ2) is 7.95. The molecule has 1 atom stereocenters. The van der Waals surface area contributed by atoms with Crippen molar-refractivity contribution in [1.82, 2.24) is 15.2 Å². The van der Waals surface area contributed by atoms with Gasteiger partial charge in [-0.25, -0.2) is 0 Å². The van der Waals surface area contributed by atoms with Crippen LogP contribution in [0.25, 0.3) is 0 Å². The van der Waals surface area contributed by atoms with Crippen LogP contribution in [0.2, 0.25) is 0 Å². The largest absolute Gasteiger partial charge is 0.409 e. The van der Waals surface area contributed by atoms with E-state index >= 15 is 0 Å². The number of nitrogens with zero attached hydrogens (tertiary/aromatic N) is 3. The van der Waals surface area contributed by atoms with Crippen molar-refractivity contribution in [3.05, 3.63) is 29.6 Å². The van der Waals surface area contributed by atoms with Crippen molar-refractivity contribution < 1.29 is 5.21 Å². The van der Waals surface area contributed by atoms with E-state index in [4.69, 9.17) is 10.9 Å². The monoisotopic (exact) mass is 291 g/mol. The standard InChI is InChI=1S/C15H25N5O/c1-12(11-20-7-3-2-4-8-20)18-10-13-5-6-17-14(9-13)15(16)19-21/h5-6,9,12,18,21H,2-4,7-8,10-11H2,1H3,(H2,16,19). The number of amidine groups is 1. The van der Waals surface area contributed by atoms with Crippen molar-refractivity contribution in [3.8, 4) is 0 Å². The lowest BCUT2D eigenvalue weighted by Gasteiger charge is -2.29. The van der Waals surface area contributed by atoms with Crippen LogP contribution in [0.4, 0.5) is 0 Å². The minimum atomic E-state index is 0.0400. The maximum absolute atomic E-state index is 8.68. The van der Waals surface area contributed by atoms with Crippen LogP contribution in [-0.2, 0) is 6.54 Å². The number of piperidine rings is 1. The Morgan fingerprint density at radius 3 is 2.95 bits per heavy atom. The van der Waals surface area contributed by atoms with Gasteiger partial charge in [-0.15, -0.1) is 0 Å². The summed E-state index contributed by atoms with van der Waals surface area (Å²) in [6, 6.07) is 4.22. The predicted molar refractivity (Wildman–Crippen MR) is 83.3 cm³/mol. The lowest BCUT2D eigenvalue weighted by atomic mass is 10.1. The summed E-state index contributed by atoms with van der Waals surface area (Å²) in [5.41, 5.74) is 7.13. The Balaban J connectivity index is 1.81. The van der Waals surface area contributed by atoms with Gasteiger partial charge < -0.3 is 21.2 Å². The highest BCUT2D eigenvalue weighted by Gasteiger charge is 2.13. The number of nitrogens with two attached hydrogens (primary N) is 1. The molecule has 0 radical (unpaired) electrons. The Morgan fingerprint density at radius 2 is 2.24 bits per heavy atom. The summed E-state index contributed by atoms with van der Waals surface area (Å²) in [4.78, 5) is 6.60. The molecule has 1 fully saturated rings. The molecule has 0 amide bonds. The number of nitrogens with one attached hydrogen (secondary N) is 1. The molecule has 2 rings (SSSR count). The van der Waals surface area contributed by atoms with Crippen LogP contribution in [0.3, 0.4) is 0 Å². The van der Waals surface area contributed by atoms with Gasteiger partial charge in [-0.05, 0) is 50.6 Å². The first-order valence-electron chi connectivity index (χ1n) is 7.57.